The molecule has 2 heterocycles. The molecule has 9 heteroatoms. The van der Waals surface area contributed by atoms with Crippen LogP contribution >= 0.6 is 0 Å². The van der Waals surface area contributed by atoms with Crippen molar-refractivity contribution in [3.63, 3.8) is 0 Å². The fourth-order valence-electron chi connectivity index (χ4n) is 6.22. The van der Waals surface area contributed by atoms with Gasteiger partial charge in [0.1, 0.15) is 5.69 Å². The topological polar surface area (TPSA) is 118 Å². The molecule has 1 fully saturated rings. The Bertz CT molecular complexity index is 1920. The molecule has 1 N–H and O–H groups in total. The number of hydrogen-bond acceptors (Lipinski definition) is 6. The minimum Gasteiger partial charge on any atom is -0.461 e. The summed E-state index contributed by atoms with van der Waals surface area (Å²) >= 11 is 0. The van der Waals surface area contributed by atoms with Crippen LogP contribution in [0.2, 0.25) is 0 Å². The van der Waals surface area contributed by atoms with E-state index in [1.54, 1.807) is 37.3 Å². The molecule has 0 radical (unpaired) electrons. The zero-order valence-corrected chi connectivity index (χ0v) is 24.1. The molecule has 0 saturated heterocycles. The highest BCUT2D eigenvalue weighted by Crippen LogP contribution is 2.49. The SMILES string of the molecule is CCOC(=O)c1cc2cc(C3=C4CCC(C#N)(Cc5ccccc5)C4NC3=O)ccc2n1S(=O)(=O)c1ccc(C)cc1. The molecule has 8 nitrogen and oxygen atoms in total. The lowest BCUT2D eigenvalue weighted by Crippen LogP contribution is -2.41. The number of aromatic nitrogens is 1. The highest BCUT2D eigenvalue weighted by atomic mass is 32.2. The van der Waals surface area contributed by atoms with E-state index in [1.165, 1.54) is 18.2 Å². The molecular formula is C33H29N3O5S. The predicted octanol–water partition coefficient (Wildman–Crippen LogP) is 5.16. The zero-order chi connectivity index (χ0) is 29.6. The van der Waals surface area contributed by atoms with Gasteiger partial charge in [0.15, 0.2) is 0 Å². The average Bonchev–Trinajstić information content (AvgIpc) is 3.64. The number of aryl methyl sites for hydroxylation is 1. The van der Waals surface area contributed by atoms with E-state index >= 15 is 0 Å². The van der Waals surface area contributed by atoms with Crippen LogP contribution in [0.25, 0.3) is 16.5 Å². The Morgan fingerprint density at radius 1 is 1.10 bits per heavy atom. The summed E-state index contributed by atoms with van der Waals surface area (Å²) in [5.41, 5.74) is 3.33. The van der Waals surface area contributed by atoms with Crippen molar-refractivity contribution < 1.29 is 22.7 Å². The first-order chi connectivity index (χ1) is 20.2. The highest BCUT2D eigenvalue weighted by Gasteiger charge is 2.52. The highest BCUT2D eigenvalue weighted by molar-refractivity contribution is 7.90. The summed E-state index contributed by atoms with van der Waals surface area (Å²) in [4.78, 5) is 26.4. The number of benzene rings is 3. The van der Waals surface area contributed by atoms with Crippen LogP contribution in [0.3, 0.4) is 0 Å². The van der Waals surface area contributed by atoms with Gasteiger partial charge in [0.05, 0.1) is 34.5 Å². The lowest BCUT2D eigenvalue weighted by molar-refractivity contribution is -0.115. The maximum atomic E-state index is 13.8. The van der Waals surface area contributed by atoms with Crippen LogP contribution in [0.15, 0.2) is 89.3 Å². The van der Waals surface area contributed by atoms with Crippen molar-refractivity contribution in [3.8, 4) is 6.07 Å². The van der Waals surface area contributed by atoms with Gasteiger partial charge in [-0.05, 0) is 80.1 Å². The first-order valence-electron chi connectivity index (χ1n) is 13.8. The fourth-order valence-corrected chi connectivity index (χ4v) is 7.72. The van der Waals surface area contributed by atoms with Gasteiger partial charge >= 0.3 is 5.97 Å². The lowest BCUT2D eigenvalue weighted by Gasteiger charge is -2.27. The Balaban J connectivity index is 1.46. The van der Waals surface area contributed by atoms with E-state index in [4.69, 9.17) is 4.74 Å². The average molecular weight is 580 g/mol. The second-order valence-corrected chi connectivity index (χ2v) is 12.6. The van der Waals surface area contributed by atoms with Crippen LogP contribution in [0.5, 0.6) is 0 Å². The number of nitrogens with zero attached hydrogens (tertiary/aromatic N) is 2. The molecule has 1 aromatic heterocycles. The van der Waals surface area contributed by atoms with E-state index in [2.05, 4.69) is 11.4 Å². The van der Waals surface area contributed by atoms with Crippen LogP contribution in [0.4, 0.5) is 0 Å². The second-order valence-electron chi connectivity index (χ2n) is 10.8. The summed E-state index contributed by atoms with van der Waals surface area (Å²) < 4.78 is 33.8. The second kappa shape index (κ2) is 10.3. The van der Waals surface area contributed by atoms with Crippen molar-refractivity contribution in [1.29, 1.82) is 5.26 Å². The minimum absolute atomic E-state index is 0.0420. The monoisotopic (exact) mass is 579 g/mol. The minimum atomic E-state index is -4.15. The Labute approximate surface area is 244 Å². The maximum absolute atomic E-state index is 13.8. The molecular weight excluding hydrogens is 550 g/mol. The number of fused-ring (bicyclic) bond motifs is 2. The summed E-state index contributed by atoms with van der Waals surface area (Å²) in [6.07, 6.45) is 1.73. The molecule has 1 amide bonds. The molecule has 0 spiro atoms. The number of carbonyl (C=O) groups excluding carboxylic acids is 2. The predicted molar refractivity (Wildman–Crippen MR) is 158 cm³/mol. The number of carbonyl (C=O) groups is 2. The zero-order valence-electron chi connectivity index (χ0n) is 23.3. The van der Waals surface area contributed by atoms with E-state index in [1.807, 2.05) is 37.3 Å². The van der Waals surface area contributed by atoms with Crippen LogP contribution in [-0.4, -0.2) is 36.9 Å². The van der Waals surface area contributed by atoms with Crippen LogP contribution < -0.4 is 5.32 Å². The van der Waals surface area contributed by atoms with Gasteiger partial charge in [0.25, 0.3) is 15.9 Å². The number of ether oxygens (including phenoxy) is 1. The molecule has 0 bridgehead atoms. The number of nitriles is 1. The molecule has 3 aromatic carbocycles. The Morgan fingerprint density at radius 3 is 2.52 bits per heavy atom. The molecule has 212 valence electrons. The number of amides is 1. The van der Waals surface area contributed by atoms with Crippen LogP contribution in [-0.2, 0) is 26.0 Å². The molecule has 2 unspecified atom stereocenters. The molecule has 1 aliphatic heterocycles. The van der Waals surface area contributed by atoms with Gasteiger partial charge in [0, 0.05) is 11.0 Å². The molecule has 2 aliphatic rings. The maximum Gasteiger partial charge on any atom is 0.356 e. The van der Waals surface area contributed by atoms with E-state index in [0.717, 1.165) is 20.7 Å². The lowest BCUT2D eigenvalue weighted by atomic mass is 9.78. The fraction of sp³-hybridized carbons (Fsp3) is 0.242. The molecule has 6 rings (SSSR count). The largest absolute Gasteiger partial charge is 0.461 e. The summed E-state index contributed by atoms with van der Waals surface area (Å²) in [5.74, 6) is -1.03. The van der Waals surface area contributed by atoms with Crippen molar-refractivity contribution in [3.05, 3.63) is 107 Å². The van der Waals surface area contributed by atoms with Crippen molar-refractivity contribution in [1.82, 2.24) is 9.29 Å². The number of esters is 1. The molecule has 1 aliphatic carbocycles. The van der Waals surface area contributed by atoms with Gasteiger partial charge < -0.3 is 10.1 Å². The van der Waals surface area contributed by atoms with Gasteiger partial charge in [-0.15, -0.1) is 0 Å². The van der Waals surface area contributed by atoms with Gasteiger partial charge in [-0.3, -0.25) is 4.79 Å². The summed E-state index contributed by atoms with van der Waals surface area (Å²) in [7, 11) is -4.15. The molecule has 42 heavy (non-hydrogen) atoms. The standard InChI is InChI=1S/C33H29N3O5S/c1-3-41-32(38)28-18-24-17-23(11-14-27(24)36(28)42(39,40)25-12-9-21(2)10-13-25)29-26-15-16-33(20-34,30(26)35-31(29)37)19-22-7-5-4-6-8-22/h4-14,17-18,30H,3,15-16,19H2,1-2H3,(H,35,37). The van der Waals surface area contributed by atoms with E-state index in [-0.39, 0.29) is 23.1 Å². The van der Waals surface area contributed by atoms with Crippen LogP contribution in [0, 0.1) is 23.7 Å². The number of hydrogen-bond donors (Lipinski definition) is 1. The Hall–Kier alpha value is -4.68. The summed E-state index contributed by atoms with van der Waals surface area (Å²) in [6, 6.07) is 24.8. The summed E-state index contributed by atoms with van der Waals surface area (Å²) in [6.45, 7) is 3.60. The number of nitrogens with one attached hydrogen (secondary N) is 1. The summed E-state index contributed by atoms with van der Waals surface area (Å²) in [5, 5.41) is 13.8. The molecule has 1 saturated carbocycles. The van der Waals surface area contributed by atoms with E-state index in [0.29, 0.717) is 41.3 Å². The first kappa shape index (κ1) is 27.5. The van der Waals surface area contributed by atoms with Crippen molar-refractivity contribution in [2.45, 2.75) is 44.0 Å². The third-order valence-corrected chi connectivity index (χ3v) is 9.98. The third-order valence-electron chi connectivity index (χ3n) is 8.24. The van der Waals surface area contributed by atoms with Crippen LogP contribution in [0.1, 0.15) is 46.9 Å². The molecule has 2 atom stereocenters. The van der Waals surface area contributed by atoms with Crippen molar-refractivity contribution in [2.24, 2.45) is 5.41 Å². The van der Waals surface area contributed by atoms with Crippen molar-refractivity contribution >= 4 is 38.4 Å². The van der Waals surface area contributed by atoms with Gasteiger partial charge in [-0.1, -0.05) is 54.1 Å². The quantitative estimate of drug-likeness (QED) is 0.302. The molecule has 4 aromatic rings. The first-order valence-corrected chi connectivity index (χ1v) is 15.3. The van der Waals surface area contributed by atoms with Gasteiger partial charge in [0.2, 0.25) is 0 Å². The van der Waals surface area contributed by atoms with Gasteiger partial charge in [-0.25, -0.2) is 17.2 Å². The van der Waals surface area contributed by atoms with Gasteiger partial charge in [-0.2, -0.15) is 5.26 Å². The Morgan fingerprint density at radius 2 is 1.83 bits per heavy atom. The third kappa shape index (κ3) is 4.39. The Kier molecular flexibility index (Phi) is 6.74. The number of rotatable bonds is 7. The smallest absolute Gasteiger partial charge is 0.356 e. The normalized spacial score (nSPS) is 19.9. The van der Waals surface area contributed by atoms with E-state index in [9.17, 15) is 23.3 Å². The van der Waals surface area contributed by atoms with E-state index < -0.39 is 27.4 Å². The van der Waals surface area contributed by atoms with Crippen molar-refractivity contribution in [2.75, 3.05) is 6.61 Å².